The number of nitrogens with one attached hydrogen (secondary N) is 3. The summed E-state index contributed by atoms with van der Waals surface area (Å²) >= 11 is 1.65. The topological polar surface area (TPSA) is 74.8 Å². The minimum absolute atomic E-state index is 0.270. The van der Waals surface area contributed by atoms with Crippen molar-refractivity contribution in [1.29, 1.82) is 0 Å². The van der Waals surface area contributed by atoms with Crippen LogP contribution in [0.2, 0.25) is 0 Å². The molecule has 0 unspecified atom stereocenters. The summed E-state index contributed by atoms with van der Waals surface area (Å²) in [6.45, 7) is 5.87. The van der Waals surface area contributed by atoms with E-state index in [0.717, 1.165) is 51.7 Å². The summed E-state index contributed by atoms with van der Waals surface area (Å²) in [4.78, 5) is 15.2. The van der Waals surface area contributed by atoms with Gasteiger partial charge in [-0.25, -0.2) is 15.0 Å². The smallest absolute Gasteiger partial charge is 0.147 e. The number of pyridine rings is 1. The molecule has 1 aliphatic heterocycles. The number of thiophene rings is 1. The molecule has 6 nitrogen and oxygen atoms in total. The van der Waals surface area contributed by atoms with Crippen LogP contribution in [0.15, 0.2) is 36.5 Å². The Labute approximate surface area is 167 Å². The molecule has 0 fully saturated rings. The molecule has 0 amide bonds. The van der Waals surface area contributed by atoms with Crippen molar-refractivity contribution in [2.75, 3.05) is 29.2 Å². The summed E-state index contributed by atoms with van der Waals surface area (Å²) in [6, 6.07) is 10.6. The Hall–Kier alpha value is -2.93. The highest BCUT2D eigenvalue weighted by Gasteiger charge is 2.16. The van der Waals surface area contributed by atoms with Crippen molar-refractivity contribution < 1.29 is 0 Å². The number of hydrogen-bond acceptors (Lipinski definition) is 7. The largest absolute Gasteiger partial charge is 0.368 e. The second kappa shape index (κ2) is 6.91. The van der Waals surface area contributed by atoms with E-state index in [0.29, 0.717) is 0 Å². The van der Waals surface area contributed by atoms with Gasteiger partial charge in [-0.1, -0.05) is 19.9 Å². The maximum atomic E-state index is 4.83. The van der Waals surface area contributed by atoms with E-state index < -0.39 is 0 Å². The quantitative estimate of drug-likeness (QED) is 0.454. The summed E-state index contributed by atoms with van der Waals surface area (Å²) < 4.78 is 1.08. The second-order valence-corrected chi connectivity index (χ2v) is 8.31. The molecule has 0 aliphatic carbocycles. The van der Waals surface area contributed by atoms with Crippen molar-refractivity contribution in [2.24, 2.45) is 0 Å². The van der Waals surface area contributed by atoms with Crippen LogP contribution in [-0.2, 0) is 6.42 Å². The molecule has 4 aromatic rings. The predicted molar refractivity (Wildman–Crippen MR) is 118 cm³/mol. The van der Waals surface area contributed by atoms with Crippen LogP contribution in [0.4, 0.5) is 17.2 Å². The lowest BCUT2D eigenvalue weighted by atomic mass is 10.1. The number of aromatic nitrogens is 3. The highest BCUT2D eigenvalue weighted by atomic mass is 32.1. The van der Waals surface area contributed by atoms with Crippen LogP contribution < -0.4 is 16.0 Å². The summed E-state index contributed by atoms with van der Waals surface area (Å²) in [5.41, 5.74) is 4.66. The maximum Gasteiger partial charge on any atom is 0.147 e. The molecular formula is C21H22N6S. The van der Waals surface area contributed by atoms with Gasteiger partial charge in [0.05, 0.1) is 28.3 Å². The number of hydrogen-bond donors (Lipinski definition) is 3. The van der Waals surface area contributed by atoms with Gasteiger partial charge in [-0.15, -0.1) is 11.3 Å². The first kappa shape index (κ1) is 17.2. The highest BCUT2D eigenvalue weighted by molar-refractivity contribution is 7.25. The fraction of sp³-hybridized carbons (Fsp3) is 0.286. The van der Waals surface area contributed by atoms with E-state index in [-0.39, 0.29) is 5.92 Å². The lowest BCUT2D eigenvalue weighted by molar-refractivity contribution is 0.784. The summed E-state index contributed by atoms with van der Waals surface area (Å²) in [5, 5.41) is 11.3. The van der Waals surface area contributed by atoms with E-state index in [2.05, 4.69) is 59.0 Å². The molecule has 0 saturated heterocycles. The van der Waals surface area contributed by atoms with Crippen molar-refractivity contribution in [3.63, 3.8) is 0 Å². The Morgan fingerprint density at radius 3 is 2.93 bits per heavy atom. The second-order valence-electron chi connectivity index (χ2n) is 7.31. The first-order valence-electron chi connectivity index (χ1n) is 9.59. The molecule has 0 bridgehead atoms. The molecular weight excluding hydrogens is 368 g/mol. The van der Waals surface area contributed by atoms with E-state index in [4.69, 9.17) is 9.97 Å². The Bertz CT molecular complexity index is 1170. The van der Waals surface area contributed by atoms with Crippen LogP contribution in [-0.4, -0.2) is 28.2 Å². The Balaban J connectivity index is 1.44. The summed E-state index contributed by atoms with van der Waals surface area (Å²) in [5.74, 6) is 2.05. The first-order chi connectivity index (χ1) is 13.7. The van der Waals surface area contributed by atoms with Crippen molar-refractivity contribution >= 4 is 49.0 Å². The minimum Gasteiger partial charge on any atom is -0.368 e. The average Bonchev–Trinajstić information content (AvgIpc) is 3.31. The Morgan fingerprint density at radius 1 is 1.14 bits per heavy atom. The zero-order valence-corrected chi connectivity index (χ0v) is 16.7. The normalized spacial score (nSPS) is 13.0. The van der Waals surface area contributed by atoms with E-state index in [1.165, 1.54) is 16.9 Å². The third-order valence-electron chi connectivity index (χ3n) is 4.97. The molecule has 0 spiro atoms. The molecule has 1 aromatic carbocycles. The van der Waals surface area contributed by atoms with Gasteiger partial charge in [0, 0.05) is 24.0 Å². The summed E-state index contributed by atoms with van der Waals surface area (Å²) in [7, 11) is 0. The molecule has 7 heteroatoms. The van der Waals surface area contributed by atoms with Crippen molar-refractivity contribution in [1.82, 2.24) is 15.0 Å². The lowest BCUT2D eigenvalue weighted by Gasteiger charge is -2.11. The standard InChI is InChI=1S/C21H22N6S/c1-12(2)19-26-17-14-4-3-8-23-21(14)28-18(17)20(27-19)22-9-7-13-5-6-15-16(10-13)25-11-24-15/h3-6,8,10,12,24-25H,7,9,11H2,1-2H3,(H,22,26,27). The predicted octanol–water partition coefficient (Wildman–Crippen LogP) is 4.81. The Morgan fingerprint density at radius 2 is 2.04 bits per heavy atom. The van der Waals surface area contributed by atoms with Crippen molar-refractivity contribution in [2.45, 2.75) is 26.2 Å². The molecule has 3 N–H and O–H groups in total. The zero-order valence-electron chi connectivity index (χ0n) is 15.9. The molecule has 28 heavy (non-hydrogen) atoms. The molecule has 1 aliphatic rings. The maximum absolute atomic E-state index is 4.83. The van der Waals surface area contributed by atoms with Crippen LogP contribution in [0.1, 0.15) is 31.2 Å². The van der Waals surface area contributed by atoms with Gasteiger partial charge in [0.15, 0.2) is 0 Å². The van der Waals surface area contributed by atoms with E-state index in [9.17, 15) is 0 Å². The molecule has 0 radical (unpaired) electrons. The van der Waals surface area contributed by atoms with Gasteiger partial charge < -0.3 is 16.0 Å². The zero-order chi connectivity index (χ0) is 19.1. The van der Waals surface area contributed by atoms with Crippen molar-refractivity contribution in [3.05, 3.63) is 47.9 Å². The Kier molecular flexibility index (Phi) is 4.24. The summed E-state index contributed by atoms with van der Waals surface area (Å²) in [6.07, 6.45) is 2.76. The third-order valence-corrected chi connectivity index (χ3v) is 6.08. The number of fused-ring (bicyclic) bond motifs is 4. The van der Waals surface area contributed by atoms with E-state index in [1.54, 1.807) is 11.3 Å². The van der Waals surface area contributed by atoms with Crippen LogP contribution in [0, 0.1) is 0 Å². The lowest BCUT2D eigenvalue weighted by Crippen LogP contribution is -2.09. The average molecular weight is 391 g/mol. The number of nitrogens with zero attached hydrogens (tertiary/aromatic N) is 3. The van der Waals surface area contributed by atoms with E-state index >= 15 is 0 Å². The van der Waals surface area contributed by atoms with Crippen LogP contribution in [0.5, 0.6) is 0 Å². The van der Waals surface area contributed by atoms with Crippen LogP contribution in [0.25, 0.3) is 20.4 Å². The van der Waals surface area contributed by atoms with Gasteiger partial charge in [0.25, 0.3) is 0 Å². The SMILES string of the molecule is CC(C)c1nc(NCCc2ccc3c(c2)NCN3)c2sc3ncccc3c2n1. The monoisotopic (exact) mass is 390 g/mol. The number of rotatable bonds is 5. The first-order valence-corrected chi connectivity index (χ1v) is 10.4. The molecule has 4 heterocycles. The van der Waals surface area contributed by atoms with Crippen molar-refractivity contribution in [3.8, 4) is 0 Å². The fourth-order valence-corrected chi connectivity index (χ4v) is 4.53. The highest BCUT2D eigenvalue weighted by Crippen LogP contribution is 2.36. The molecule has 3 aromatic heterocycles. The van der Waals surface area contributed by atoms with Gasteiger partial charge in [0.2, 0.25) is 0 Å². The fourth-order valence-electron chi connectivity index (χ4n) is 3.48. The molecule has 0 atom stereocenters. The molecule has 142 valence electrons. The third kappa shape index (κ3) is 3.01. The number of anilines is 3. The van der Waals surface area contributed by atoms with Gasteiger partial charge in [-0.3, -0.25) is 0 Å². The minimum atomic E-state index is 0.270. The van der Waals surface area contributed by atoms with Gasteiger partial charge in [-0.05, 0) is 36.2 Å². The number of benzene rings is 1. The van der Waals surface area contributed by atoms with Gasteiger partial charge in [-0.2, -0.15) is 0 Å². The van der Waals surface area contributed by atoms with E-state index in [1.807, 2.05) is 12.3 Å². The molecule has 0 saturated carbocycles. The van der Waals surface area contributed by atoms with Crippen LogP contribution >= 0.6 is 11.3 Å². The van der Waals surface area contributed by atoms with Gasteiger partial charge >= 0.3 is 0 Å². The molecule has 5 rings (SSSR count). The van der Waals surface area contributed by atoms with Gasteiger partial charge in [0.1, 0.15) is 16.5 Å². The van der Waals surface area contributed by atoms with Crippen LogP contribution in [0.3, 0.4) is 0 Å².